The number of alkyl carbamates (subject to hydrolysis) is 3. The Morgan fingerprint density at radius 2 is 0.797 bits per heavy atom. The van der Waals surface area contributed by atoms with E-state index in [0.717, 1.165) is 16.7 Å². The number of Topliss-reactive ketones (excluding diaryl/α,β-unsaturated/α-hetero) is 1. The van der Waals surface area contributed by atoms with Crippen molar-refractivity contribution < 1.29 is 81.8 Å². The van der Waals surface area contributed by atoms with E-state index in [1.165, 1.54) is 0 Å². The lowest BCUT2D eigenvalue weighted by Crippen LogP contribution is -2.29. The highest BCUT2D eigenvalue weighted by Gasteiger charge is 2.18. The Hall–Kier alpha value is -7.03. The zero-order valence-electron chi connectivity index (χ0n) is 39.7. The largest absolute Gasteiger partial charge is 0.481 e. The molecule has 0 atom stereocenters. The molecule has 3 aromatic carbocycles. The molecule has 5 N–H and O–H groups in total. The third-order valence-corrected chi connectivity index (χ3v) is 7.89. The molecule has 0 aliphatic carbocycles. The summed E-state index contributed by atoms with van der Waals surface area (Å²) in [7, 11) is 0. The third-order valence-electron chi connectivity index (χ3n) is 7.44. The lowest BCUT2D eigenvalue weighted by molar-refractivity contribution is -0.166. The first-order chi connectivity index (χ1) is 32.5. The highest BCUT2D eigenvalue weighted by molar-refractivity contribution is 9.09. The molecule has 0 unspecified atom stereocenters. The van der Waals surface area contributed by atoms with Crippen LogP contribution in [0.5, 0.6) is 0 Å². The van der Waals surface area contributed by atoms with Gasteiger partial charge in [0.05, 0.1) is 19.3 Å². The standard InChI is InChI=1S/C17H23NO6.C14H17NO5.C11H13NO4.C6H11BrO2/c1-17(2,3)24-15(20)12-22-14(19)9-10-18-16(21)23-11-13-7-5-4-6-8-13;16-12(6-7-13(17)18)8-9-15-14(19)20-10-11-4-2-1-3-5-11;13-10(14)6-7-12-11(15)16-8-9-4-2-1-3-5-9;1-6(2,3)9-5(8)4-7/h4-8H,9-12H2,1-3H3,(H,18,21);1-5H,6-10H2,(H,15,19)(H,17,18);1-5H,6-8H2,(H,12,15)(H,13,14);4H2,1-3H3. The van der Waals surface area contributed by atoms with Crippen LogP contribution in [-0.4, -0.2) is 107 Å². The Morgan fingerprint density at radius 3 is 1.13 bits per heavy atom. The SMILES string of the molecule is CC(C)(C)OC(=O)CBr.CC(C)(C)OC(=O)COC(=O)CCNC(=O)OCc1ccccc1.O=C(O)CCC(=O)CCNC(=O)OCc1ccccc1.O=C(O)CCNC(=O)OCc1ccccc1. The number of rotatable bonds is 21. The number of hydrogen-bond donors (Lipinski definition) is 5. The maximum Gasteiger partial charge on any atom is 0.407 e. The fraction of sp³-hybridized carbons (Fsp3) is 0.438. The summed E-state index contributed by atoms with van der Waals surface area (Å²) in [6, 6.07) is 27.7. The molecule has 0 bridgehead atoms. The average molecular weight is 1030 g/mol. The van der Waals surface area contributed by atoms with Crippen LogP contribution in [0.2, 0.25) is 0 Å². The molecule has 0 aliphatic heterocycles. The number of carboxylic acid groups (broad SMARTS) is 2. The van der Waals surface area contributed by atoms with Crippen molar-refractivity contribution in [2.24, 2.45) is 0 Å². The minimum Gasteiger partial charge on any atom is -0.481 e. The van der Waals surface area contributed by atoms with Gasteiger partial charge in [-0.05, 0) is 58.2 Å². The van der Waals surface area contributed by atoms with Gasteiger partial charge in [-0.1, -0.05) is 107 Å². The summed E-state index contributed by atoms with van der Waals surface area (Å²) < 4.78 is 29.5. The fourth-order valence-electron chi connectivity index (χ4n) is 4.49. The molecule has 3 aromatic rings. The summed E-state index contributed by atoms with van der Waals surface area (Å²) in [6.45, 7) is 11.0. The second-order valence-corrected chi connectivity index (χ2v) is 16.6. The molecule has 21 heteroatoms. The van der Waals surface area contributed by atoms with E-state index in [1.807, 2.05) is 112 Å². The maximum atomic E-state index is 11.5. The number of hydrogen-bond acceptors (Lipinski definition) is 15. The first-order valence-electron chi connectivity index (χ1n) is 21.4. The van der Waals surface area contributed by atoms with Gasteiger partial charge in [-0.2, -0.15) is 0 Å². The Balaban J connectivity index is 0.000000936. The van der Waals surface area contributed by atoms with Gasteiger partial charge in [0, 0.05) is 32.5 Å². The molecule has 3 rings (SSSR count). The summed E-state index contributed by atoms with van der Waals surface area (Å²) in [5.74, 6) is -3.61. The first kappa shape index (κ1) is 62.0. The second kappa shape index (κ2) is 36.1. The molecule has 0 heterocycles. The van der Waals surface area contributed by atoms with Crippen LogP contribution in [0.15, 0.2) is 91.0 Å². The molecule has 0 saturated carbocycles. The topological polar surface area (TPSA) is 286 Å². The number of nitrogens with one attached hydrogen (secondary N) is 3. The van der Waals surface area contributed by atoms with Crippen LogP contribution < -0.4 is 16.0 Å². The van der Waals surface area contributed by atoms with E-state index in [2.05, 4.69) is 31.9 Å². The number of ether oxygens (including phenoxy) is 6. The van der Waals surface area contributed by atoms with Gasteiger partial charge in [0.2, 0.25) is 0 Å². The van der Waals surface area contributed by atoms with E-state index in [0.29, 0.717) is 0 Å². The molecule has 0 spiro atoms. The van der Waals surface area contributed by atoms with Gasteiger partial charge >= 0.3 is 48.1 Å². The summed E-state index contributed by atoms with van der Waals surface area (Å²) >= 11 is 2.99. The van der Waals surface area contributed by atoms with Gasteiger partial charge < -0.3 is 54.6 Å². The third kappa shape index (κ3) is 40.9. The molecule has 380 valence electrons. The molecular weight excluding hydrogens is 970 g/mol. The summed E-state index contributed by atoms with van der Waals surface area (Å²) in [5, 5.41) is 24.2. The predicted octanol–water partition coefficient (Wildman–Crippen LogP) is 7.04. The highest BCUT2D eigenvalue weighted by atomic mass is 79.9. The van der Waals surface area contributed by atoms with Crippen molar-refractivity contribution in [3.8, 4) is 0 Å². The van der Waals surface area contributed by atoms with Gasteiger partial charge in [-0.25, -0.2) is 19.2 Å². The highest BCUT2D eigenvalue weighted by Crippen LogP contribution is 2.08. The van der Waals surface area contributed by atoms with E-state index in [4.69, 9.17) is 38.6 Å². The number of amides is 3. The van der Waals surface area contributed by atoms with Crippen molar-refractivity contribution in [1.29, 1.82) is 0 Å². The van der Waals surface area contributed by atoms with Crippen LogP contribution in [0.4, 0.5) is 14.4 Å². The quantitative estimate of drug-likeness (QED) is 0.0406. The fourth-order valence-corrected chi connectivity index (χ4v) is 4.60. The lowest BCUT2D eigenvalue weighted by atomic mass is 10.2. The van der Waals surface area contributed by atoms with Crippen molar-refractivity contribution in [3.05, 3.63) is 108 Å². The Kier molecular flexibility index (Phi) is 32.4. The van der Waals surface area contributed by atoms with Gasteiger partial charge in [0.15, 0.2) is 6.61 Å². The minimum atomic E-state index is -1.01. The number of benzene rings is 3. The molecule has 3 amide bonds. The molecule has 0 radical (unpaired) electrons. The van der Waals surface area contributed by atoms with Crippen molar-refractivity contribution in [3.63, 3.8) is 0 Å². The van der Waals surface area contributed by atoms with Gasteiger partial charge in [0.25, 0.3) is 0 Å². The van der Waals surface area contributed by atoms with E-state index in [-0.39, 0.29) is 94.2 Å². The summed E-state index contributed by atoms with van der Waals surface area (Å²) in [4.78, 5) is 98.9. The van der Waals surface area contributed by atoms with Crippen LogP contribution >= 0.6 is 15.9 Å². The van der Waals surface area contributed by atoms with Gasteiger partial charge in [-0.3, -0.25) is 24.0 Å². The van der Waals surface area contributed by atoms with E-state index in [9.17, 15) is 43.2 Å². The molecule has 0 fully saturated rings. The van der Waals surface area contributed by atoms with Crippen molar-refractivity contribution in [2.75, 3.05) is 31.6 Å². The molecule has 0 aromatic heterocycles. The van der Waals surface area contributed by atoms with Crippen molar-refractivity contribution in [1.82, 2.24) is 16.0 Å². The summed E-state index contributed by atoms with van der Waals surface area (Å²) in [5.41, 5.74) is 1.64. The second-order valence-electron chi connectivity index (χ2n) is 16.0. The van der Waals surface area contributed by atoms with Crippen molar-refractivity contribution in [2.45, 2.75) is 105 Å². The Morgan fingerprint density at radius 1 is 0.449 bits per heavy atom. The van der Waals surface area contributed by atoms with Crippen LogP contribution in [0.1, 0.15) is 90.3 Å². The number of halogens is 1. The lowest BCUT2D eigenvalue weighted by Gasteiger charge is -2.19. The molecular formula is C48H64BrN3O17. The number of carbonyl (C=O) groups excluding carboxylic acids is 7. The van der Waals surface area contributed by atoms with E-state index in [1.54, 1.807) is 20.8 Å². The maximum absolute atomic E-state index is 11.5. The number of alkyl halides is 1. The Bertz CT molecular complexity index is 2010. The Labute approximate surface area is 410 Å². The molecule has 0 saturated heterocycles. The first-order valence-corrected chi connectivity index (χ1v) is 22.5. The van der Waals surface area contributed by atoms with Crippen LogP contribution in [-0.2, 0) is 77.0 Å². The zero-order chi connectivity index (χ0) is 52.1. The van der Waals surface area contributed by atoms with Crippen LogP contribution in [0.25, 0.3) is 0 Å². The van der Waals surface area contributed by atoms with Gasteiger partial charge in [-0.15, -0.1) is 0 Å². The number of carbonyl (C=O) groups is 9. The van der Waals surface area contributed by atoms with Crippen molar-refractivity contribution >= 4 is 69.8 Å². The normalized spacial score (nSPS) is 10.2. The molecule has 20 nitrogen and oxygen atoms in total. The monoisotopic (exact) mass is 1030 g/mol. The van der Waals surface area contributed by atoms with Crippen LogP contribution in [0.3, 0.4) is 0 Å². The number of aliphatic carboxylic acids is 2. The number of ketones is 1. The smallest absolute Gasteiger partial charge is 0.407 e. The van der Waals surface area contributed by atoms with E-state index < -0.39 is 54.4 Å². The van der Waals surface area contributed by atoms with Crippen LogP contribution in [0, 0.1) is 0 Å². The average Bonchev–Trinajstić information content (AvgIpc) is 3.28. The van der Waals surface area contributed by atoms with Gasteiger partial charge in [0.1, 0.15) is 42.1 Å². The molecule has 0 aliphatic rings. The summed E-state index contributed by atoms with van der Waals surface area (Å²) in [6.07, 6.45) is -2.10. The minimum absolute atomic E-state index is 0.0178. The van der Waals surface area contributed by atoms with E-state index >= 15 is 0 Å². The number of carboxylic acids is 2. The number of esters is 3. The molecule has 69 heavy (non-hydrogen) atoms. The zero-order valence-corrected chi connectivity index (χ0v) is 41.3. The predicted molar refractivity (Wildman–Crippen MR) is 254 cm³/mol.